The third-order valence-corrected chi connectivity index (χ3v) is 4.50. The fourth-order valence-electron chi connectivity index (χ4n) is 3.02. The number of benzene rings is 2. The quantitative estimate of drug-likeness (QED) is 0.795. The monoisotopic (exact) mass is 296 g/mol. The average molecular weight is 296 g/mol. The number of carbonyl (C=O) groups is 1. The molecule has 114 valence electrons. The number of carbonyl (C=O) groups excluding carboxylic acids is 1. The second kappa shape index (κ2) is 5.48. The van der Waals surface area contributed by atoms with Crippen molar-refractivity contribution in [2.75, 3.05) is 0 Å². The third-order valence-electron chi connectivity index (χ3n) is 4.50. The van der Waals surface area contributed by atoms with E-state index in [1.54, 1.807) is 0 Å². The van der Waals surface area contributed by atoms with Crippen molar-refractivity contribution >= 4 is 6.16 Å². The van der Waals surface area contributed by atoms with Gasteiger partial charge in [0, 0.05) is 12.8 Å². The Kier molecular flexibility index (Phi) is 3.65. The predicted molar refractivity (Wildman–Crippen MR) is 84.7 cm³/mol. The molecule has 0 saturated carbocycles. The summed E-state index contributed by atoms with van der Waals surface area (Å²) in [6, 6.07) is 20.1. The van der Waals surface area contributed by atoms with Crippen LogP contribution in [0.2, 0.25) is 0 Å². The van der Waals surface area contributed by atoms with Gasteiger partial charge >= 0.3 is 6.16 Å². The lowest BCUT2D eigenvalue weighted by molar-refractivity contribution is -0.0224. The van der Waals surface area contributed by atoms with Crippen LogP contribution in [-0.4, -0.2) is 17.4 Å². The van der Waals surface area contributed by atoms with Crippen molar-refractivity contribution in [1.82, 2.24) is 0 Å². The molecular formula is C19H20O3. The van der Waals surface area contributed by atoms with Crippen molar-refractivity contribution in [3.8, 4) is 0 Å². The first kappa shape index (κ1) is 14.6. The molecule has 2 aromatic rings. The first-order chi connectivity index (χ1) is 10.5. The fraction of sp³-hybridized carbons (Fsp3) is 0.316. The summed E-state index contributed by atoms with van der Waals surface area (Å²) in [5.74, 6) is 0. The van der Waals surface area contributed by atoms with Gasteiger partial charge in [-0.05, 0) is 25.0 Å². The molecule has 2 aromatic carbocycles. The maximum absolute atomic E-state index is 11.8. The Balaban J connectivity index is 1.89. The minimum absolute atomic E-state index is 0.586. The third kappa shape index (κ3) is 2.71. The Morgan fingerprint density at radius 1 is 0.727 bits per heavy atom. The van der Waals surface area contributed by atoms with Crippen LogP contribution >= 0.6 is 0 Å². The molecule has 0 N–H and O–H groups in total. The Bertz CT molecular complexity index is 595. The molecule has 0 aromatic heterocycles. The Hall–Kier alpha value is -2.29. The highest BCUT2D eigenvalue weighted by atomic mass is 16.8. The average Bonchev–Trinajstić information content (AvgIpc) is 2.69. The van der Waals surface area contributed by atoms with Crippen molar-refractivity contribution in [3.05, 3.63) is 71.8 Å². The summed E-state index contributed by atoms with van der Waals surface area (Å²) < 4.78 is 11.2. The summed E-state index contributed by atoms with van der Waals surface area (Å²) in [5.41, 5.74) is 0.868. The summed E-state index contributed by atoms with van der Waals surface area (Å²) in [7, 11) is 0. The molecule has 0 radical (unpaired) electrons. The molecule has 1 aliphatic heterocycles. The van der Waals surface area contributed by atoms with Crippen molar-refractivity contribution < 1.29 is 14.3 Å². The van der Waals surface area contributed by atoms with Crippen LogP contribution in [0, 0.1) is 0 Å². The van der Waals surface area contributed by atoms with E-state index in [-0.39, 0.29) is 0 Å². The summed E-state index contributed by atoms with van der Waals surface area (Å²) in [4.78, 5) is 11.8. The molecule has 22 heavy (non-hydrogen) atoms. The first-order valence-electron chi connectivity index (χ1n) is 7.51. The molecule has 1 heterocycles. The van der Waals surface area contributed by atoms with Crippen LogP contribution in [0.4, 0.5) is 4.79 Å². The SMILES string of the molecule is C[C@]1(Cc2ccccc2)OC(=O)O[C@@]1(C)Cc1ccccc1. The lowest BCUT2D eigenvalue weighted by Crippen LogP contribution is -2.50. The fourth-order valence-corrected chi connectivity index (χ4v) is 3.02. The van der Waals surface area contributed by atoms with E-state index in [0.717, 1.165) is 11.1 Å². The van der Waals surface area contributed by atoms with Crippen LogP contribution < -0.4 is 0 Å². The molecule has 2 atom stereocenters. The van der Waals surface area contributed by atoms with Gasteiger partial charge in [0.25, 0.3) is 0 Å². The maximum Gasteiger partial charge on any atom is 0.509 e. The minimum atomic E-state index is -0.693. The molecule has 0 amide bonds. The van der Waals surface area contributed by atoms with Crippen LogP contribution in [0.25, 0.3) is 0 Å². The van der Waals surface area contributed by atoms with Crippen molar-refractivity contribution in [1.29, 1.82) is 0 Å². The van der Waals surface area contributed by atoms with Gasteiger partial charge in [0.2, 0.25) is 0 Å². The van der Waals surface area contributed by atoms with Gasteiger partial charge in [-0.1, -0.05) is 60.7 Å². The van der Waals surface area contributed by atoms with Gasteiger partial charge in [0.15, 0.2) is 11.2 Å². The summed E-state index contributed by atoms with van der Waals surface area (Å²) in [5, 5.41) is 0. The molecular weight excluding hydrogens is 276 g/mol. The Labute approximate surface area is 130 Å². The van der Waals surface area contributed by atoms with E-state index in [2.05, 4.69) is 0 Å². The highest BCUT2D eigenvalue weighted by molar-refractivity contribution is 5.64. The summed E-state index contributed by atoms with van der Waals surface area (Å²) >= 11 is 0. The van der Waals surface area contributed by atoms with Crippen LogP contribution in [0.15, 0.2) is 60.7 Å². The molecule has 0 spiro atoms. The zero-order valence-corrected chi connectivity index (χ0v) is 12.9. The van der Waals surface area contributed by atoms with E-state index in [4.69, 9.17) is 9.47 Å². The van der Waals surface area contributed by atoms with Gasteiger partial charge in [-0.25, -0.2) is 4.79 Å². The molecule has 3 rings (SSSR count). The minimum Gasteiger partial charge on any atom is -0.423 e. The van der Waals surface area contributed by atoms with Gasteiger partial charge in [0.05, 0.1) is 0 Å². The van der Waals surface area contributed by atoms with E-state index in [1.807, 2.05) is 74.5 Å². The molecule has 1 saturated heterocycles. The van der Waals surface area contributed by atoms with Crippen molar-refractivity contribution in [2.24, 2.45) is 0 Å². The van der Waals surface area contributed by atoms with Gasteiger partial charge in [-0.3, -0.25) is 0 Å². The van der Waals surface area contributed by atoms with E-state index in [1.165, 1.54) is 0 Å². The molecule has 0 bridgehead atoms. The molecule has 1 aliphatic rings. The van der Waals surface area contributed by atoms with Crippen LogP contribution in [0.3, 0.4) is 0 Å². The van der Waals surface area contributed by atoms with Crippen LogP contribution in [-0.2, 0) is 22.3 Å². The van der Waals surface area contributed by atoms with Gasteiger partial charge in [-0.2, -0.15) is 0 Å². The molecule has 0 aliphatic carbocycles. The Morgan fingerprint density at radius 2 is 1.09 bits per heavy atom. The number of rotatable bonds is 4. The molecule has 1 fully saturated rings. The van der Waals surface area contributed by atoms with Crippen molar-refractivity contribution in [2.45, 2.75) is 37.9 Å². The number of ether oxygens (including phenoxy) is 2. The van der Waals surface area contributed by atoms with Crippen LogP contribution in [0.1, 0.15) is 25.0 Å². The normalized spacial score (nSPS) is 27.3. The Morgan fingerprint density at radius 3 is 1.45 bits per heavy atom. The largest absolute Gasteiger partial charge is 0.509 e. The van der Waals surface area contributed by atoms with Crippen LogP contribution in [0.5, 0.6) is 0 Å². The lowest BCUT2D eigenvalue weighted by atomic mass is 9.77. The number of hydrogen-bond acceptors (Lipinski definition) is 3. The van der Waals surface area contributed by atoms with Crippen molar-refractivity contribution in [3.63, 3.8) is 0 Å². The summed E-state index contributed by atoms with van der Waals surface area (Å²) in [6.07, 6.45) is 0.670. The molecule has 3 heteroatoms. The first-order valence-corrected chi connectivity index (χ1v) is 7.51. The highest BCUT2D eigenvalue weighted by Crippen LogP contribution is 2.41. The van der Waals surface area contributed by atoms with E-state index >= 15 is 0 Å². The number of hydrogen-bond donors (Lipinski definition) is 0. The zero-order chi connectivity index (χ0) is 15.6. The maximum atomic E-state index is 11.8. The standard InChI is InChI=1S/C19H20O3/c1-18(13-15-9-5-3-6-10-15)19(2,22-17(20)21-18)14-16-11-7-4-8-12-16/h3-12H,13-14H2,1-2H3/t18-,19+. The van der Waals surface area contributed by atoms with E-state index in [9.17, 15) is 4.79 Å². The van der Waals surface area contributed by atoms with E-state index < -0.39 is 17.4 Å². The second-order valence-electron chi connectivity index (χ2n) is 6.24. The molecule has 0 unspecified atom stereocenters. The van der Waals surface area contributed by atoms with Gasteiger partial charge < -0.3 is 9.47 Å². The highest BCUT2D eigenvalue weighted by Gasteiger charge is 2.56. The zero-order valence-electron chi connectivity index (χ0n) is 12.9. The summed E-state index contributed by atoms with van der Waals surface area (Å²) in [6.45, 7) is 3.90. The topological polar surface area (TPSA) is 35.5 Å². The van der Waals surface area contributed by atoms with Gasteiger partial charge in [-0.15, -0.1) is 0 Å². The number of cyclic esters (lactones) is 2. The van der Waals surface area contributed by atoms with Gasteiger partial charge in [0.1, 0.15) is 0 Å². The van der Waals surface area contributed by atoms with E-state index in [0.29, 0.717) is 12.8 Å². The lowest BCUT2D eigenvalue weighted by Gasteiger charge is -2.36. The molecule has 3 nitrogen and oxygen atoms in total. The predicted octanol–water partition coefficient (Wildman–Crippen LogP) is 4.16. The second-order valence-corrected chi connectivity index (χ2v) is 6.24. The smallest absolute Gasteiger partial charge is 0.423 e.